The minimum absolute atomic E-state index is 0.0437. The topological polar surface area (TPSA) is 292 Å². The van der Waals surface area contributed by atoms with Crippen molar-refractivity contribution in [1.29, 1.82) is 21.0 Å². The molecule has 0 atom stereocenters. The third-order valence-electron chi connectivity index (χ3n) is 23.1. The predicted molar refractivity (Wildman–Crippen MR) is 539 cm³/mol. The first-order valence-corrected chi connectivity index (χ1v) is 45.1. The Morgan fingerprint density at radius 1 is 0.434 bits per heavy atom. The van der Waals surface area contributed by atoms with Gasteiger partial charge in [0, 0.05) is 179 Å². The van der Waals surface area contributed by atoms with Gasteiger partial charge in [0.15, 0.2) is 12.2 Å². The number of methoxy groups -OCH3 is 6. The zero-order chi connectivity index (χ0) is 96.8. The van der Waals surface area contributed by atoms with Crippen molar-refractivity contribution in [3.05, 3.63) is 304 Å². The van der Waals surface area contributed by atoms with Crippen LogP contribution in [0.2, 0.25) is 0 Å². The molecule has 0 bridgehead atoms. The summed E-state index contributed by atoms with van der Waals surface area (Å²) < 4.78 is 54.9. The first-order chi connectivity index (χ1) is 66.2. The number of anilines is 1. The van der Waals surface area contributed by atoms with E-state index in [0.717, 1.165) is 184 Å². The molecule has 2 N–H and O–H groups in total. The number of nitrogens with two attached hydrogens (primary N) is 1. The second-order valence-electron chi connectivity index (χ2n) is 31.0. The summed E-state index contributed by atoms with van der Waals surface area (Å²) in [6.45, 7) is 21.8. The lowest BCUT2D eigenvalue weighted by molar-refractivity contribution is 0.0600. The zero-order valence-electron chi connectivity index (χ0n) is 78.9. The van der Waals surface area contributed by atoms with Crippen molar-refractivity contribution < 1.29 is 47.2 Å². The molecule has 0 spiro atoms. The average Bonchev–Trinajstić information content (AvgIpc) is 1.60. The SMILES string of the molecule is CCOc1ccc(-c2c(C#N)c3ccc(OC)cc3n2CC)cc1.CCn1c(-c2ccc(C(=O)N(C)C)cc2)c(C#N)c2ccc(OC)cc21.CCn1c(C#Cc2ccc(C)cc2)c(C#N)c2ccc(OC)cc21.CCn1c(C#Cc2ccc(N)cc2)c(C#N)c2ccc(OC)cc21.CCn1cc(-c2cnco2)c2ccc(C(=O)OC)cc21.CCn1cc(-c2nccs2)c2ccc(OC)cc21. The van der Waals surface area contributed by atoms with E-state index in [-0.39, 0.29) is 11.9 Å². The maximum atomic E-state index is 12.1. The molecule has 18 rings (SSSR count). The van der Waals surface area contributed by atoms with Gasteiger partial charge in [0.2, 0.25) is 0 Å². The molecule has 18 aromatic rings. The van der Waals surface area contributed by atoms with Gasteiger partial charge in [0.25, 0.3) is 5.91 Å². The number of thiazole rings is 1. The number of nitrogens with zero attached hydrogens (tertiary/aromatic N) is 13. The second-order valence-corrected chi connectivity index (χ2v) is 31.9. The van der Waals surface area contributed by atoms with E-state index in [0.29, 0.717) is 51.4 Å². The highest BCUT2D eigenvalue weighted by atomic mass is 32.1. The van der Waals surface area contributed by atoms with Gasteiger partial charge in [0.05, 0.1) is 122 Å². The van der Waals surface area contributed by atoms with Crippen LogP contribution in [-0.2, 0) is 44.0 Å². The molecule has 0 aliphatic carbocycles. The van der Waals surface area contributed by atoms with Crippen molar-refractivity contribution in [2.24, 2.45) is 0 Å². The van der Waals surface area contributed by atoms with E-state index in [1.54, 1.807) is 90.3 Å². The van der Waals surface area contributed by atoms with Crippen LogP contribution in [0.4, 0.5) is 5.69 Å². The van der Waals surface area contributed by atoms with Gasteiger partial charge in [-0.2, -0.15) is 21.0 Å². The highest BCUT2D eigenvalue weighted by molar-refractivity contribution is 7.13. The quantitative estimate of drug-likeness (QED) is 0.0447. The zero-order valence-corrected chi connectivity index (χ0v) is 79.7. The summed E-state index contributed by atoms with van der Waals surface area (Å²) in [7, 11) is 13.1. The molecule has 1 amide bonds. The van der Waals surface area contributed by atoms with Crippen molar-refractivity contribution in [1.82, 2.24) is 42.3 Å². The van der Waals surface area contributed by atoms with Crippen molar-refractivity contribution in [3.8, 4) is 127 Å². The summed E-state index contributed by atoms with van der Waals surface area (Å²) in [6.07, 6.45) is 9.12. The number of amides is 1. The van der Waals surface area contributed by atoms with Crippen LogP contribution in [0.5, 0.6) is 34.5 Å². The molecule has 0 saturated carbocycles. The van der Waals surface area contributed by atoms with Gasteiger partial charge >= 0.3 is 5.97 Å². The van der Waals surface area contributed by atoms with E-state index in [4.69, 9.17) is 43.3 Å². The predicted octanol–water partition coefficient (Wildman–Crippen LogP) is 23.2. The van der Waals surface area contributed by atoms with Gasteiger partial charge in [-0.1, -0.05) is 47.7 Å². The summed E-state index contributed by atoms with van der Waals surface area (Å²) in [5, 5.41) is 47.7. The van der Waals surface area contributed by atoms with Gasteiger partial charge in [-0.25, -0.2) is 14.8 Å². The van der Waals surface area contributed by atoms with E-state index in [2.05, 4.69) is 127 Å². The third-order valence-corrected chi connectivity index (χ3v) is 23.9. The number of nitriles is 4. The number of oxazole rings is 1. The smallest absolute Gasteiger partial charge is 0.337 e. The molecule has 0 fully saturated rings. The van der Waals surface area contributed by atoms with Gasteiger partial charge < -0.3 is 75.6 Å². The fraction of sp³-hybridized carbons (Fsp3) is 0.207. The molecular formula is C111H104N14O10S. The number of carbonyl (C=O) groups excluding carboxylic acids is 2. The first kappa shape index (κ1) is 96.5. The summed E-state index contributed by atoms with van der Waals surface area (Å²) in [5.41, 5.74) is 26.5. The molecule has 0 aliphatic rings. The molecule has 8 heterocycles. The van der Waals surface area contributed by atoms with E-state index in [1.165, 1.54) is 35.5 Å². The largest absolute Gasteiger partial charge is 0.497 e. The molecule has 0 saturated heterocycles. The molecule has 10 aromatic carbocycles. The van der Waals surface area contributed by atoms with Crippen LogP contribution < -0.4 is 34.2 Å². The maximum Gasteiger partial charge on any atom is 0.337 e. The van der Waals surface area contributed by atoms with Gasteiger partial charge in [0.1, 0.15) is 75.2 Å². The standard InChI is InChI=1S/C21H21N3O2.C21H18N2O.C20H17N3O.C20H20N2O2.C15H14N2O3.C14H14N2OS/c1-5-24-19-12-16(26-4)10-11-17(19)18(13-22)20(24)14-6-8-15(9-7-14)21(25)23(2)3;1-4-23-20(12-9-16-7-5-15(2)6-8-16)19(14-22)18-11-10-17(24-3)13-21(18)23;1-3-23-19(11-6-14-4-7-15(22)8-5-14)18(13-21)17-10-9-16(24-2)12-20(17)23;1-4-22-19-12-16(23-3)10-11-17(19)18(13-21)20(22)14-6-8-15(9-7-14)24-5-2;1-3-17-8-12(14-7-16-9-20-14)11-5-4-10(6-13(11)17)15(18)19-2;1-3-16-9-12(14-15-6-7-18-14)11-5-4-10(17-2)8-13(11)16/h6-12H,5H2,1-4H3;5-8,10-11,13H,4H2,1-3H3;4-5,7-10,12H,3,22H2,1-2H3;6-12H,4-5H2,1-3H3;4-9H,3H2,1-2H3;4-9H,3H2,1-2H3. The van der Waals surface area contributed by atoms with Gasteiger partial charge in [-0.05, 0) is 224 Å². The Labute approximate surface area is 794 Å². The number of carbonyl (C=O) groups is 2. The Bertz CT molecular complexity index is 7500. The minimum atomic E-state index is -0.336. The summed E-state index contributed by atoms with van der Waals surface area (Å²) >= 11 is 1.67. The van der Waals surface area contributed by atoms with Gasteiger partial charge in [-0.3, -0.25) is 4.79 Å². The van der Waals surface area contributed by atoms with Crippen LogP contribution in [0.3, 0.4) is 0 Å². The summed E-state index contributed by atoms with van der Waals surface area (Å²) in [5.74, 6) is 17.8. The number of hydrogen-bond acceptors (Lipinski definition) is 18. The van der Waals surface area contributed by atoms with E-state index < -0.39 is 0 Å². The lowest BCUT2D eigenvalue weighted by atomic mass is 10.0. The Morgan fingerprint density at radius 3 is 1.22 bits per heavy atom. The van der Waals surface area contributed by atoms with Crippen LogP contribution in [0.1, 0.15) is 120 Å². The highest BCUT2D eigenvalue weighted by Gasteiger charge is 2.24. The fourth-order valence-corrected chi connectivity index (χ4v) is 17.0. The van der Waals surface area contributed by atoms with Crippen LogP contribution in [-0.4, -0.2) is 118 Å². The number of hydrogen-bond donors (Lipinski definition) is 1. The molecule has 0 radical (unpaired) electrons. The maximum absolute atomic E-state index is 12.1. The van der Waals surface area contributed by atoms with E-state index in [1.807, 2.05) is 226 Å². The lowest BCUT2D eigenvalue weighted by Crippen LogP contribution is -2.21. The number of benzene rings is 10. The van der Waals surface area contributed by atoms with Crippen molar-refractivity contribution in [2.45, 2.75) is 94.7 Å². The average molecular weight is 1830 g/mol. The molecule has 25 heteroatoms. The Morgan fingerprint density at radius 2 is 0.824 bits per heavy atom. The van der Waals surface area contributed by atoms with Crippen LogP contribution in [0.15, 0.2) is 247 Å². The summed E-state index contributed by atoms with van der Waals surface area (Å²) in [4.78, 5) is 33.6. The fourth-order valence-electron chi connectivity index (χ4n) is 16.4. The Balaban J connectivity index is 0.000000138. The van der Waals surface area contributed by atoms with Crippen LogP contribution in [0.25, 0.3) is 110 Å². The number of aryl methyl sites for hydroxylation is 7. The number of esters is 1. The molecule has 8 aromatic heterocycles. The number of fused-ring (bicyclic) bond motifs is 6. The van der Waals surface area contributed by atoms with Crippen LogP contribution >= 0.6 is 11.3 Å². The van der Waals surface area contributed by atoms with Gasteiger partial charge in [-0.15, -0.1) is 11.3 Å². The number of ether oxygens (including phenoxy) is 7. The molecular weight excluding hydrogens is 1720 g/mol. The Kier molecular flexibility index (Phi) is 31.7. The molecule has 136 heavy (non-hydrogen) atoms. The van der Waals surface area contributed by atoms with E-state index >= 15 is 0 Å². The third kappa shape index (κ3) is 20.6. The Hall–Kier alpha value is -17.1. The normalized spacial score (nSPS) is 10.5. The number of nitrogen functional groups attached to an aromatic ring is 1. The monoisotopic (exact) mass is 1820 g/mol. The molecule has 24 nitrogen and oxygen atoms in total. The summed E-state index contributed by atoms with van der Waals surface area (Å²) in [6, 6.07) is 74.8. The lowest BCUT2D eigenvalue weighted by Gasteiger charge is -2.12. The minimum Gasteiger partial charge on any atom is -0.497 e. The van der Waals surface area contributed by atoms with E-state index in [9.17, 15) is 30.6 Å². The molecule has 0 aliphatic heterocycles. The number of aromatic nitrogens is 8. The number of rotatable bonds is 19. The first-order valence-electron chi connectivity index (χ1n) is 44.3. The molecule has 684 valence electrons. The highest BCUT2D eigenvalue weighted by Crippen LogP contribution is 2.41. The van der Waals surface area contributed by atoms with Crippen molar-refractivity contribution >= 4 is 94.3 Å². The second kappa shape index (κ2) is 44.7. The van der Waals surface area contributed by atoms with Crippen molar-refractivity contribution in [2.75, 3.05) is 69.1 Å². The van der Waals surface area contributed by atoms with Crippen molar-refractivity contribution in [3.63, 3.8) is 0 Å². The molecule has 0 unspecified atom stereocenters. The van der Waals surface area contributed by atoms with Crippen LogP contribution in [0, 0.1) is 75.9 Å².